The molecule has 0 aromatic heterocycles. The van der Waals surface area contributed by atoms with Crippen LogP contribution >= 0.6 is 0 Å². The molecule has 1 amide bonds. The Morgan fingerprint density at radius 2 is 2.12 bits per heavy atom. The van der Waals surface area contributed by atoms with Crippen molar-refractivity contribution in [1.29, 1.82) is 0 Å². The molecule has 1 aromatic carbocycles. The zero-order valence-corrected chi connectivity index (χ0v) is 9.98. The van der Waals surface area contributed by atoms with E-state index >= 15 is 0 Å². The van der Waals surface area contributed by atoms with Crippen molar-refractivity contribution >= 4 is 11.6 Å². The van der Waals surface area contributed by atoms with Gasteiger partial charge in [-0.15, -0.1) is 0 Å². The first-order valence-corrected chi connectivity index (χ1v) is 6.46. The maximum Gasteiger partial charge on any atom is 0.230 e. The lowest BCUT2D eigenvalue weighted by atomic mass is 9.84. The van der Waals surface area contributed by atoms with Gasteiger partial charge in [0, 0.05) is 31.2 Å². The number of amides is 1. The minimum absolute atomic E-state index is 0.279. The van der Waals surface area contributed by atoms with Gasteiger partial charge in [-0.25, -0.2) is 0 Å². The lowest BCUT2D eigenvalue weighted by Crippen LogP contribution is -2.41. The number of benzene rings is 1. The molecule has 0 radical (unpaired) electrons. The van der Waals surface area contributed by atoms with E-state index in [1.165, 1.54) is 12.0 Å². The average molecular weight is 230 g/mol. The maximum absolute atomic E-state index is 12.4. The van der Waals surface area contributed by atoms with Gasteiger partial charge in [0.05, 0.1) is 0 Å². The third-order valence-electron chi connectivity index (χ3n) is 3.83. The number of nitrogens with one attached hydrogen (secondary N) is 1. The van der Waals surface area contributed by atoms with Crippen LogP contribution in [0.1, 0.15) is 24.8 Å². The molecule has 1 aromatic rings. The molecule has 3 heteroatoms. The van der Waals surface area contributed by atoms with E-state index < -0.39 is 0 Å². The predicted molar refractivity (Wildman–Crippen MR) is 67.8 cm³/mol. The summed E-state index contributed by atoms with van der Waals surface area (Å²) < 4.78 is 0. The molecule has 1 aliphatic carbocycles. The summed E-state index contributed by atoms with van der Waals surface area (Å²) in [6, 6.07) is 8.23. The van der Waals surface area contributed by atoms with E-state index in [1.54, 1.807) is 0 Å². The van der Waals surface area contributed by atoms with E-state index in [4.69, 9.17) is 0 Å². The number of hydrogen-bond donors (Lipinski definition) is 1. The zero-order chi connectivity index (χ0) is 11.7. The van der Waals surface area contributed by atoms with Crippen molar-refractivity contribution in [2.75, 3.05) is 18.0 Å². The molecule has 90 valence electrons. The van der Waals surface area contributed by atoms with Crippen LogP contribution < -0.4 is 10.2 Å². The second kappa shape index (κ2) is 4.49. The first-order chi connectivity index (χ1) is 8.36. The smallest absolute Gasteiger partial charge is 0.230 e. The number of carbonyl (C=O) groups excluding carboxylic acids is 1. The molecular weight excluding hydrogens is 212 g/mol. The van der Waals surface area contributed by atoms with Crippen molar-refractivity contribution in [1.82, 2.24) is 5.32 Å². The van der Waals surface area contributed by atoms with E-state index in [1.807, 2.05) is 17.0 Å². The highest BCUT2D eigenvalue weighted by Crippen LogP contribution is 2.31. The van der Waals surface area contributed by atoms with Gasteiger partial charge in [0.15, 0.2) is 0 Å². The number of fused-ring (bicyclic) bond motifs is 1. The summed E-state index contributed by atoms with van der Waals surface area (Å²) in [5, 5.41) is 3.37. The second-order valence-electron chi connectivity index (χ2n) is 4.92. The van der Waals surface area contributed by atoms with Crippen LogP contribution in [0.15, 0.2) is 24.3 Å². The number of anilines is 1. The quantitative estimate of drug-likeness (QED) is 0.799. The number of hydrogen-bond acceptors (Lipinski definition) is 2. The molecule has 1 saturated carbocycles. The SMILES string of the molecule is O=C(C1CCC1)N1CCNCc2ccccc21. The average Bonchev–Trinajstić information content (AvgIpc) is 2.48. The van der Waals surface area contributed by atoms with E-state index in [0.29, 0.717) is 5.91 Å². The third kappa shape index (κ3) is 1.95. The molecule has 0 unspecified atom stereocenters. The van der Waals surface area contributed by atoms with Crippen LogP contribution in [0.3, 0.4) is 0 Å². The Labute approximate surface area is 102 Å². The molecule has 1 aliphatic heterocycles. The van der Waals surface area contributed by atoms with E-state index in [0.717, 1.165) is 38.2 Å². The number of rotatable bonds is 1. The molecule has 1 heterocycles. The predicted octanol–water partition coefficient (Wildman–Crippen LogP) is 1.92. The van der Waals surface area contributed by atoms with Gasteiger partial charge in [-0.3, -0.25) is 4.79 Å². The monoisotopic (exact) mass is 230 g/mol. The molecule has 1 N–H and O–H groups in total. The summed E-state index contributed by atoms with van der Waals surface area (Å²) >= 11 is 0. The topological polar surface area (TPSA) is 32.3 Å². The lowest BCUT2D eigenvalue weighted by Gasteiger charge is -2.31. The van der Waals surface area contributed by atoms with Crippen LogP contribution in [0.4, 0.5) is 5.69 Å². The molecule has 1 fully saturated rings. The molecule has 17 heavy (non-hydrogen) atoms. The Morgan fingerprint density at radius 1 is 1.29 bits per heavy atom. The third-order valence-corrected chi connectivity index (χ3v) is 3.83. The standard InChI is InChI=1S/C14H18N2O/c17-14(11-5-3-6-11)16-9-8-15-10-12-4-1-2-7-13(12)16/h1-2,4,7,11,15H,3,5-6,8-10H2. The van der Waals surface area contributed by atoms with Crippen molar-refractivity contribution in [3.05, 3.63) is 29.8 Å². The fourth-order valence-electron chi connectivity index (χ4n) is 2.56. The zero-order valence-electron chi connectivity index (χ0n) is 9.98. The summed E-state index contributed by atoms with van der Waals surface area (Å²) in [6.07, 6.45) is 3.36. The highest BCUT2D eigenvalue weighted by atomic mass is 16.2. The Bertz CT molecular complexity index is 426. The summed E-state index contributed by atoms with van der Waals surface area (Å²) in [7, 11) is 0. The van der Waals surface area contributed by atoms with Gasteiger partial charge in [0.1, 0.15) is 0 Å². The molecular formula is C14H18N2O. The van der Waals surface area contributed by atoms with E-state index in [2.05, 4.69) is 17.4 Å². The first kappa shape index (κ1) is 10.8. The minimum Gasteiger partial charge on any atom is -0.311 e. The minimum atomic E-state index is 0.279. The summed E-state index contributed by atoms with van der Waals surface area (Å²) in [6.45, 7) is 2.55. The molecule has 3 nitrogen and oxygen atoms in total. The number of carbonyl (C=O) groups is 1. The summed E-state index contributed by atoms with van der Waals surface area (Å²) in [5.41, 5.74) is 2.34. The largest absolute Gasteiger partial charge is 0.311 e. The van der Waals surface area contributed by atoms with E-state index in [-0.39, 0.29) is 5.92 Å². The molecule has 0 spiro atoms. The number of nitrogens with zero attached hydrogens (tertiary/aromatic N) is 1. The molecule has 3 rings (SSSR count). The molecule has 0 saturated heterocycles. The Kier molecular flexibility index (Phi) is 2.85. The highest BCUT2D eigenvalue weighted by molar-refractivity contribution is 5.96. The second-order valence-corrected chi connectivity index (χ2v) is 4.92. The van der Waals surface area contributed by atoms with Gasteiger partial charge in [0.25, 0.3) is 0 Å². The fourth-order valence-corrected chi connectivity index (χ4v) is 2.56. The normalized spacial score (nSPS) is 20.4. The lowest BCUT2D eigenvalue weighted by molar-refractivity contribution is -0.124. The van der Waals surface area contributed by atoms with Gasteiger partial charge in [-0.05, 0) is 24.5 Å². The van der Waals surface area contributed by atoms with Crippen LogP contribution in [0.2, 0.25) is 0 Å². The van der Waals surface area contributed by atoms with Crippen molar-refractivity contribution in [3.63, 3.8) is 0 Å². The fraction of sp³-hybridized carbons (Fsp3) is 0.500. The van der Waals surface area contributed by atoms with Crippen molar-refractivity contribution in [2.45, 2.75) is 25.8 Å². The van der Waals surface area contributed by atoms with E-state index in [9.17, 15) is 4.79 Å². The van der Waals surface area contributed by atoms with Crippen LogP contribution in [0, 0.1) is 5.92 Å². The van der Waals surface area contributed by atoms with Crippen molar-refractivity contribution in [3.8, 4) is 0 Å². The number of para-hydroxylation sites is 1. The highest BCUT2D eigenvalue weighted by Gasteiger charge is 2.31. The van der Waals surface area contributed by atoms with Gasteiger partial charge < -0.3 is 10.2 Å². The summed E-state index contributed by atoms with van der Waals surface area (Å²) in [4.78, 5) is 14.4. The van der Waals surface area contributed by atoms with Crippen LogP contribution in [-0.4, -0.2) is 19.0 Å². The van der Waals surface area contributed by atoms with Crippen LogP contribution in [0.5, 0.6) is 0 Å². The Balaban J connectivity index is 1.90. The maximum atomic E-state index is 12.4. The molecule has 2 aliphatic rings. The molecule has 0 atom stereocenters. The van der Waals surface area contributed by atoms with Gasteiger partial charge >= 0.3 is 0 Å². The van der Waals surface area contributed by atoms with Gasteiger partial charge in [-0.2, -0.15) is 0 Å². The Morgan fingerprint density at radius 3 is 2.88 bits per heavy atom. The Hall–Kier alpha value is -1.35. The van der Waals surface area contributed by atoms with Gasteiger partial charge in [-0.1, -0.05) is 24.6 Å². The van der Waals surface area contributed by atoms with Crippen LogP contribution in [-0.2, 0) is 11.3 Å². The summed E-state index contributed by atoms with van der Waals surface area (Å²) in [5.74, 6) is 0.605. The van der Waals surface area contributed by atoms with Crippen LogP contribution in [0.25, 0.3) is 0 Å². The molecule has 0 bridgehead atoms. The van der Waals surface area contributed by atoms with Crippen molar-refractivity contribution < 1.29 is 4.79 Å². The van der Waals surface area contributed by atoms with Gasteiger partial charge in [0.2, 0.25) is 5.91 Å². The van der Waals surface area contributed by atoms with Crippen molar-refractivity contribution in [2.24, 2.45) is 5.92 Å². The first-order valence-electron chi connectivity index (χ1n) is 6.46.